The highest BCUT2D eigenvalue weighted by Gasteiger charge is 2.05. The van der Waals surface area contributed by atoms with Gasteiger partial charge in [-0.1, -0.05) is 23.7 Å². The average Bonchev–Trinajstić information content (AvgIpc) is 2.56. The number of para-hydroxylation sites is 1. The SMILES string of the molecule is CCOc1ccc(/C=N\NC(=O)COc2ccccc2Cl)c(O)c1. The zero-order chi connectivity index (χ0) is 17.4. The van der Waals surface area contributed by atoms with Crippen LogP contribution in [0.2, 0.25) is 5.02 Å². The monoisotopic (exact) mass is 348 g/mol. The van der Waals surface area contributed by atoms with Crippen molar-refractivity contribution in [2.75, 3.05) is 13.2 Å². The molecule has 6 nitrogen and oxygen atoms in total. The maximum Gasteiger partial charge on any atom is 0.277 e. The maximum absolute atomic E-state index is 11.7. The number of benzene rings is 2. The molecule has 2 aromatic carbocycles. The molecule has 24 heavy (non-hydrogen) atoms. The van der Waals surface area contributed by atoms with Crippen molar-refractivity contribution >= 4 is 23.7 Å². The fourth-order valence-electron chi connectivity index (χ4n) is 1.80. The molecule has 0 radical (unpaired) electrons. The van der Waals surface area contributed by atoms with Gasteiger partial charge in [0.05, 0.1) is 17.8 Å². The number of phenolic OH excluding ortho intramolecular Hbond substituents is 1. The summed E-state index contributed by atoms with van der Waals surface area (Å²) in [6.45, 7) is 2.14. The molecule has 0 bridgehead atoms. The molecule has 0 saturated carbocycles. The van der Waals surface area contributed by atoms with Crippen LogP contribution >= 0.6 is 11.6 Å². The minimum atomic E-state index is -0.448. The molecule has 7 heteroatoms. The van der Waals surface area contributed by atoms with Gasteiger partial charge in [0.15, 0.2) is 6.61 Å². The molecule has 2 aromatic rings. The summed E-state index contributed by atoms with van der Waals surface area (Å²) in [4.78, 5) is 11.7. The van der Waals surface area contributed by atoms with Gasteiger partial charge in [-0.3, -0.25) is 4.79 Å². The van der Waals surface area contributed by atoms with Gasteiger partial charge in [-0.25, -0.2) is 5.43 Å². The van der Waals surface area contributed by atoms with E-state index in [2.05, 4.69) is 10.5 Å². The highest BCUT2D eigenvalue weighted by molar-refractivity contribution is 6.32. The minimum Gasteiger partial charge on any atom is -0.507 e. The second-order valence-electron chi connectivity index (χ2n) is 4.67. The normalized spacial score (nSPS) is 10.6. The number of halogens is 1. The van der Waals surface area contributed by atoms with E-state index >= 15 is 0 Å². The van der Waals surface area contributed by atoms with Crippen molar-refractivity contribution in [3.63, 3.8) is 0 Å². The molecule has 0 aliphatic rings. The third-order valence-electron chi connectivity index (χ3n) is 2.90. The number of nitrogens with one attached hydrogen (secondary N) is 1. The van der Waals surface area contributed by atoms with E-state index in [1.54, 1.807) is 36.4 Å². The molecule has 0 aliphatic carbocycles. The molecule has 0 unspecified atom stereocenters. The Labute approximate surface area is 144 Å². The van der Waals surface area contributed by atoms with Crippen LogP contribution in [0.3, 0.4) is 0 Å². The molecule has 0 saturated heterocycles. The summed E-state index contributed by atoms with van der Waals surface area (Å²) in [6, 6.07) is 11.7. The molecule has 0 aromatic heterocycles. The number of rotatable bonds is 7. The van der Waals surface area contributed by atoms with E-state index in [1.807, 2.05) is 6.92 Å². The second-order valence-corrected chi connectivity index (χ2v) is 5.07. The average molecular weight is 349 g/mol. The van der Waals surface area contributed by atoms with Gasteiger partial charge in [-0.15, -0.1) is 0 Å². The number of ether oxygens (including phenoxy) is 2. The van der Waals surface area contributed by atoms with Crippen molar-refractivity contribution in [2.45, 2.75) is 6.92 Å². The molecule has 2 rings (SSSR count). The third-order valence-corrected chi connectivity index (χ3v) is 3.21. The Kier molecular flexibility index (Phi) is 6.45. The van der Waals surface area contributed by atoms with Crippen LogP contribution in [0, 0.1) is 0 Å². The van der Waals surface area contributed by atoms with E-state index in [0.717, 1.165) is 0 Å². The van der Waals surface area contributed by atoms with Gasteiger partial charge in [0.25, 0.3) is 5.91 Å². The van der Waals surface area contributed by atoms with Gasteiger partial charge in [-0.2, -0.15) is 5.10 Å². The third kappa shape index (κ3) is 5.17. The fourth-order valence-corrected chi connectivity index (χ4v) is 1.99. The molecule has 1 amide bonds. The van der Waals surface area contributed by atoms with Crippen LogP contribution in [-0.4, -0.2) is 30.4 Å². The lowest BCUT2D eigenvalue weighted by molar-refractivity contribution is -0.123. The van der Waals surface area contributed by atoms with Gasteiger partial charge in [0, 0.05) is 11.6 Å². The van der Waals surface area contributed by atoms with Crippen LogP contribution in [0.25, 0.3) is 0 Å². The van der Waals surface area contributed by atoms with Gasteiger partial charge < -0.3 is 14.6 Å². The van der Waals surface area contributed by atoms with Crippen LogP contribution < -0.4 is 14.9 Å². The Bertz CT molecular complexity index is 734. The van der Waals surface area contributed by atoms with E-state index in [9.17, 15) is 9.90 Å². The lowest BCUT2D eigenvalue weighted by Gasteiger charge is -2.06. The number of amides is 1. The zero-order valence-electron chi connectivity index (χ0n) is 13.0. The van der Waals surface area contributed by atoms with Crippen LogP contribution in [0.4, 0.5) is 0 Å². The number of hydrazone groups is 1. The number of hydrogen-bond acceptors (Lipinski definition) is 5. The maximum atomic E-state index is 11.7. The van der Waals surface area contributed by atoms with Crippen molar-refractivity contribution in [3.8, 4) is 17.2 Å². The van der Waals surface area contributed by atoms with Gasteiger partial charge in [-0.05, 0) is 31.2 Å². The molecule has 0 atom stereocenters. The summed E-state index contributed by atoms with van der Waals surface area (Å²) in [5, 5.41) is 14.0. The van der Waals surface area contributed by atoms with Gasteiger partial charge in [0.2, 0.25) is 0 Å². The first-order chi connectivity index (χ1) is 11.6. The number of aromatic hydroxyl groups is 1. The Balaban J connectivity index is 1.85. The largest absolute Gasteiger partial charge is 0.507 e. The van der Waals surface area contributed by atoms with Crippen LogP contribution in [0.1, 0.15) is 12.5 Å². The number of nitrogens with zero attached hydrogens (tertiary/aromatic N) is 1. The molecule has 0 spiro atoms. The zero-order valence-corrected chi connectivity index (χ0v) is 13.8. The van der Waals surface area contributed by atoms with E-state index in [0.29, 0.717) is 28.7 Å². The van der Waals surface area contributed by atoms with Crippen molar-refractivity contribution in [3.05, 3.63) is 53.1 Å². The van der Waals surface area contributed by atoms with Crippen molar-refractivity contribution in [2.24, 2.45) is 5.10 Å². The Morgan fingerprint density at radius 2 is 2.08 bits per heavy atom. The number of carbonyl (C=O) groups excluding carboxylic acids is 1. The Hall–Kier alpha value is -2.73. The second kappa shape index (κ2) is 8.79. The standard InChI is InChI=1S/C17H17ClN2O4/c1-2-23-13-8-7-12(15(21)9-13)10-19-20-17(22)11-24-16-6-4-3-5-14(16)18/h3-10,21H,2,11H2,1H3,(H,20,22)/b19-10-. The quantitative estimate of drug-likeness (QED) is 0.595. The number of phenols is 1. The molecular weight excluding hydrogens is 332 g/mol. The van der Waals surface area contributed by atoms with Gasteiger partial charge >= 0.3 is 0 Å². The Morgan fingerprint density at radius 3 is 2.79 bits per heavy atom. The first-order valence-corrected chi connectivity index (χ1v) is 7.63. The highest BCUT2D eigenvalue weighted by Crippen LogP contribution is 2.23. The van der Waals surface area contributed by atoms with Crippen LogP contribution in [0.15, 0.2) is 47.6 Å². The lowest BCUT2D eigenvalue weighted by Crippen LogP contribution is -2.24. The summed E-state index contributed by atoms with van der Waals surface area (Å²) in [5.41, 5.74) is 2.76. The molecule has 0 heterocycles. The summed E-state index contributed by atoms with van der Waals surface area (Å²) in [7, 11) is 0. The van der Waals surface area contributed by atoms with E-state index in [-0.39, 0.29) is 12.4 Å². The number of carbonyl (C=O) groups is 1. The molecule has 0 aliphatic heterocycles. The molecular formula is C17H17ClN2O4. The van der Waals surface area contributed by atoms with Crippen molar-refractivity contribution < 1.29 is 19.4 Å². The number of hydrogen-bond donors (Lipinski definition) is 2. The van der Waals surface area contributed by atoms with Crippen molar-refractivity contribution in [1.82, 2.24) is 5.43 Å². The Morgan fingerprint density at radius 1 is 1.29 bits per heavy atom. The summed E-state index contributed by atoms with van der Waals surface area (Å²) < 4.78 is 10.6. The lowest BCUT2D eigenvalue weighted by atomic mass is 10.2. The predicted octanol–water partition coefficient (Wildman–Crippen LogP) is 2.97. The predicted molar refractivity (Wildman–Crippen MR) is 92.0 cm³/mol. The first kappa shape index (κ1) is 17.6. The van der Waals surface area contributed by atoms with Gasteiger partial charge in [0.1, 0.15) is 17.2 Å². The van der Waals surface area contributed by atoms with Crippen LogP contribution in [-0.2, 0) is 4.79 Å². The molecule has 2 N–H and O–H groups in total. The molecule has 0 fully saturated rings. The summed E-state index contributed by atoms with van der Waals surface area (Å²) >= 11 is 5.92. The first-order valence-electron chi connectivity index (χ1n) is 7.25. The fraction of sp³-hybridized carbons (Fsp3) is 0.176. The van der Waals surface area contributed by atoms with E-state index < -0.39 is 5.91 Å². The molecule has 126 valence electrons. The topological polar surface area (TPSA) is 80.2 Å². The summed E-state index contributed by atoms with van der Waals surface area (Å²) in [6.07, 6.45) is 1.33. The summed E-state index contributed by atoms with van der Waals surface area (Å²) in [5.74, 6) is 0.537. The van der Waals surface area contributed by atoms with E-state index in [1.165, 1.54) is 12.3 Å². The smallest absolute Gasteiger partial charge is 0.277 e. The minimum absolute atomic E-state index is 0.00580. The van der Waals surface area contributed by atoms with E-state index in [4.69, 9.17) is 21.1 Å². The van der Waals surface area contributed by atoms with Crippen LogP contribution in [0.5, 0.6) is 17.2 Å². The van der Waals surface area contributed by atoms with Crippen molar-refractivity contribution in [1.29, 1.82) is 0 Å². The highest BCUT2D eigenvalue weighted by atomic mass is 35.5.